The number of hydrogen-bond donors (Lipinski definition) is 2. The maximum atomic E-state index is 3.99. The minimum Gasteiger partial charge on any atom is -0.308 e. The Balaban J connectivity index is 1.55. The number of rotatable bonds is 9. The minimum atomic E-state index is 0.311. The molecule has 4 rings (SSSR count). The monoisotopic (exact) mass is 376 g/mol. The lowest BCUT2D eigenvalue weighted by Gasteiger charge is -2.32. The summed E-state index contributed by atoms with van der Waals surface area (Å²) in [5.74, 6) is 1.69. The van der Waals surface area contributed by atoms with Crippen LogP contribution in [0, 0.1) is 11.8 Å². The Kier molecular flexibility index (Phi) is 7.18. The highest BCUT2D eigenvalue weighted by atomic mass is 15.0. The molecule has 2 saturated carbocycles. The van der Waals surface area contributed by atoms with Gasteiger partial charge in [-0.05, 0) is 61.7 Å². The van der Waals surface area contributed by atoms with Gasteiger partial charge in [0.05, 0.1) is 12.1 Å². The summed E-state index contributed by atoms with van der Waals surface area (Å²) in [6.45, 7) is 2.27. The fourth-order valence-corrected chi connectivity index (χ4v) is 5.19. The molecule has 2 nitrogen and oxygen atoms in total. The summed E-state index contributed by atoms with van der Waals surface area (Å²) < 4.78 is 0. The predicted octanol–water partition coefficient (Wildman–Crippen LogP) is 6.03. The van der Waals surface area contributed by atoms with Crippen LogP contribution in [0.1, 0.15) is 74.6 Å². The van der Waals surface area contributed by atoms with Gasteiger partial charge in [0.1, 0.15) is 0 Å². The fraction of sp³-hybridized carbons (Fsp3) is 0.538. The molecule has 0 radical (unpaired) electrons. The van der Waals surface area contributed by atoms with Crippen molar-refractivity contribution in [1.29, 1.82) is 0 Å². The molecule has 2 atom stereocenters. The average molecular weight is 377 g/mol. The van der Waals surface area contributed by atoms with E-state index in [1.54, 1.807) is 0 Å². The van der Waals surface area contributed by atoms with Gasteiger partial charge in [0, 0.05) is 0 Å². The van der Waals surface area contributed by atoms with Crippen molar-refractivity contribution in [3.05, 3.63) is 71.8 Å². The summed E-state index contributed by atoms with van der Waals surface area (Å²) in [7, 11) is 0. The Morgan fingerprint density at radius 3 is 1.29 bits per heavy atom. The van der Waals surface area contributed by atoms with E-state index in [4.69, 9.17) is 0 Å². The molecule has 2 N–H and O–H groups in total. The summed E-state index contributed by atoms with van der Waals surface area (Å²) >= 11 is 0. The maximum absolute atomic E-state index is 3.99. The van der Waals surface area contributed by atoms with Gasteiger partial charge in [-0.15, -0.1) is 0 Å². The van der Waals surface area contributed by atoms with Crippen LogP contribution in [-0.2, 0) is 0 Å². The molecule has 2 unspecified atom stereocenters. The van der Waals surface area contributed by atoms with E-state index in [2.05, 4.69) is 71.3 Å². The molecule has 0 saturated heterocycles. The van der Waals surface area contributed by atoms with Gasteiger partial charge < -0.3 is 10.6 Å². The number of hydrogen-bond acceptors (Lipinski definition) is 2. The van der Waals surface area contributed by atoms with Gasteiger partial charge in [-0.25, -0.2) is 0 Å². The summed E-state index contributed by atoms with van der Waals surface area (Å²) in [5, 5.41) is 7.98. The van der Waals surface area contributed by atoms with Gasteiger partial charge in [0.2, 0.25) is 0 Å². The molecule has 0 heterocycles. The van der Waals surface area contributed by atoms with Gasteiger partial charge in [0.15, 0.2) is 0 Å². The van der Waals surface area contributed by atoms with Crippen molar-refractivity contribution >= 4 is 0 Å². The first-order valence-electron chi connectivity index (χ1n) is 11.5. The maximum Gasteiger partial charge on any atom is 0.0518 e. The minimum absolute atomic E-state index is 0.311. The molecule has 0 aromatic heterocycles. The Bertz CT molecular complexity index is 611. The Labute approximate surface area is 171 Å². The second kappa shape index (κ2) is 10.2. The zero-order chi connectivity index (χ0) is 19.0. The lowest BCUT2D eigenvalue weighted by atomic mass is 9.92. The molecule has 0 aliphatic heterocycles. The van der Waals surface area contributed by atoms with Crippen LogP contribution in [0.25, 0.3) is 0 Å². The molecule has 2 aliphatic carbocycles. The molecular formula is C26H36N2. The highest BCUT2D eigenvalue weighted by Crippen LogP contribution is 2.32. The van der Waals surface area contributed by atoms with E-state index in [0.717, 1.165) is 24.9 Å². The van der Waals surface area contributed by atoms with Crippen LogP contribution in [0.5, 0.6) is 0 Å². The highest BCUT2D eigenvalue weighted by molar-refractivity contribution is 5.27. The molecule has 2 aromatic rings. The van der Waals surface area contributed by atoms with Crippen molar-refractivity contribution in [2.24, 2.45) is 11.8 Å². The van der Waals surface area contributed by atoms with Crippen LogP contribution in [0.15, 0.2) is 60.7 Å². The third kappa shape index (κ3) is 5.24. The van der Waals surface area contributed by atoms with Crippen LogP contribution in [0.2, 0.25) is 0 Å². The standard InChI is InChI=1S/C26H36N2/c1-3-15-23(16-4-1)25(27-19-21-11-7-8-12-21)26(24-17-5-2-6-18-24)28-20-22-13-9-10-14-22/h1-6,15-18,21-22,25-28H,7-14,19-20H2. The molecule has 2 aliphatic rings. The number of benzene rings is 2. The van der Waals surface area contributed by atoms with Gasteiger partial charge in [-0.1, -0.05) is 86.3 Å². The second-order valence-electron chi connectivity index (χ2n) is 8.89. The molecule has 0 spiro atoms. The Morgan fingerprint density at radius 2 is 0.929 bits per heavy atom. The van der Waals surface area contributed by atoms with Crippen molar-refractivity contribution < 1.29 is 0 Å². The van der Waals surface area contributed by atoms with Crippen LogP contribution >= 0.6 is 0 Å². The summed E-state index contributed by atoms with van der Waals surface area (Å²) in [4.78, 5) is 0. The van der Waals surface area contributed by atoms with E-state index in [-0.39, 0.29) is 0 Å². The van der Waals surface area contributed by atoms with Crippen molar-refractivity contribution in [3.8, 4) is 0 Å². The number of nitrogens with one attached hydrogen (secondary N) is 2. The Morgan fingerprint density at radius 1 is 0.571 bits per heavy atom. The third-order valence-electron chi connectivity index (χ3n) is 6.85. The molecular weight excluding hydrogens is 340 g/mol. The predicted molar refractivity (Wildman–Crippen MR) is 118 cm³/mol. The molecule has 28 heavy (non-hydrogen) atoms. The molecule has 2 aromatic carbocycles. The van der Waals surface area contributed by atoms with Crippen LogP contribution in [-0.4, -0.2) is 13.1 Å². The largest absolute Gasteiger partial charge is 0.308 e. The summed E-state index contributed by atoms with van der Waals surface area (Å²) in [5.41, 5.74) is 2.79. The summed E-state index contributed by atoms with van der Waals surface area (Å²) in [6, 6.07) is 22.8. The second-order valence-corrected chi connectivity index (χ2v) is 8.89. The van der Waals surface area contributed by atoms with E-state index in [0.29, 0.717) is 12.1 Å². The first-order chi connectivity index (χ1) is 13.9. The van der Waals surface area contributed by atoms with Crippen LogP contribution in [0.4, 0.5) is 0 Å². The van der Waals surface area contributed by atoms with E-state index >= 15 is 0 Å². The van der Waals surface area contributed by atoms with Gasteiger partial charge in [-0.2, -0.15) is 0 Å². The lowest BCUT2D eigenvalue weighted by molar-refractivity contribution is 0.336. The van der Waals surface area contributed by atoms with Crippen molar-refractivity contribution in [2.75, 3.05) is 13.1 Å². The first-order valence-corrected chi connectivity index (χ1v) is 11.5. The quantitative estimate of drug-likeness (QED) is 0.558. The normalized spacial score (nSPS) is 20.4. The SMILES string of the molecule is c1ccc(C(NCC2CCCC2)C(NCC2CCCC2)c2ccccc2)cc1. The van der Waals surface area contributed by atoms with Crippen molar-refractivity contribution in [3.63, 3.8) is 0 Å². The van der Waals surface area contributed by atoms with Crippen LogP contribution < -0.4 is 10.6 Å². The molecule has 150 valence electrons. The zero-order valence-electron chi connectivity index (χ0n) is 17.2. The van der Waals surface area contributed by atoms with E-state index < -0.39 is 0 Å². The van der Waals surface area contributed by atoms with Crippen LogP contribution in [0.3, 0.4) is 0 Å². The molecule has 0 amide bonds. The van der Waals surface area contributed by atoms with Gasteiger partial charge in [0.25, 0.3) is 0 Å². The topological polar surface area (TPSA) is 24.1 Å². The van der Waals surface area contributed by atoms with Crippen molar-refractivity contribution in [1.82, 2.24) is 10.6 Å². The van der Waals surface area contributed by atoms with E-state index in [1.165, 1.54) is 62.5 Å². The van der Waals surface area contributed by atoms with Gasteiger partial charge in [-0.3, -0.25) is 0 Å². The van der Waals surface area contributed by atoms with Gasteiger partial charge >= 0.3 is 0 Å². The van der Waals surface area contributed by atoms with E-state index in [9.17, 15) is 0 Å². The average Bonchev–Trinajstić information content (AvgIpc) is 3.46. The highest BCUT2D eigenvalue weighted by Gasteiger charge is 2.27. The third-order valence-corrected chi connectivity index (χ3v) is 6.85. The smallest absolute Gasteiger partial charge is 0.0518 e. The molecule has 0 bridgehead atoms. The zero-order valence-corrected chi connectivity index (χ0v) is 17.2. The molecule has 2 fully saturated rings. The molecule has 2 heteroatoms. The Hall–Kier alpha value is -1.64. The fourth-order valence-electron chi connectivity index (χ4n) is 5.19. The lowest BCUT2D eigenvalue weighted by Crippen LogP contribution is -2.38. The first kappa shape index (κ1) is 19.7. The van der Waals surface area contributed by atoms with E-state index in [1.807, 2.05) is 0 Å². The van der Waals surface area contributed by atoms with Crippen molar-refractivity contribution in [2.45, 2.75) is 63.5 Å². The summed E-state index contributed by atoms with van der Waals surface area (Å²) in [6.07, 6.45) is 11.2.